The van der Waals surface area contributed by atoms with Crippen LogP contribution in [0.2, 0.25) is 0 Å². The van der Waals surface area contributed by atoms with Crippen molar-refractivity contribution in [3.05, 3.63) is 29.3 Å². The first kappa shape index (κ1) is 14.8. The predicted molar refractivity (Wildman–Crippen MR) is 77.3 cm³/mol. The molecule has 6 heteroatoms. The van der Waals surface area contributed by atoms with Crippen LogP contribution >= 0.6 is 0 Å². The molecule has 0 unspecified atom stereocenters. The van der Waals surface area contributed by atoms with Crippen LogP contribution in [0.5, 0.6) is 5.75 Å². The Labute approximate surface area is 128 Å². The van der Waals surface area contributed by atoms with Crippen LogP contribution < -0.4 is 4.74 Å². The van der Waals surface area contributed by atoms with Crippen LogP contribution in [0, 0.1) is 5.92 Å². The molecule has 2 heterocycles. The number of carboxylic acids is 1. The number of aliphatic carboxylic acids is 1. The first-order valence-corrected chi connectivity index (χ1v) is 7.32. The zero-order valence-electron chi connectivity index (χ0n) is 12.6. The second-order valence-corrected chi connectivity index (χ2v) is 5.93. The van der Waals surface area contributed by atoms with E-state index in [1.165, 1.54) is 0 Å². The number of nitrogens with zero attached hydrogens (tertiary/aromatic N) is 1. The lowest BCUT2D eigenvalue weighted by Gasteiger charge is -2.19. The summed E-state index contributed by atoms with van der Waals surface area (Å²) in [7, 11) is 1.61. The van der Waals surface area contributed by atoms with Gasteiger partial charge in [-0.1, -0.05) is 13.0 Å². The fraction of sp³-hybridized carbons (Fsp3) is 0.500. The minimum atomic E-state index is -1.00. The lowest BCUT2D eigenvalue weighted by atomic mass is 10.0. The smallest absolute Gasteiger partial charge is 0.333 e. The standard InChI is InChI=1S/C16H19NO5/c1-9-5-13(22-14(9)16(19)20)15(18)17-7-10-3-4-12(21-2)6-11(10)8-17/h3-4,6,9,13-14H,5,7-8H2,1-2H3,(H,19,20)/t9-,13-,14-/m0/s1. The number of hydrogen-bond acceptors (Lipinski definition) is 4. The van der Waals surface area contributed by atoms with Crippen LogP contribution in [0.1, 0.15) is 24.5 Å². The maximum Gasteiger partial charge on any atom is 0.333 e. The Morgan fingerprint density at radius 1 is 1.32 bits per heavy atom. The third-order valence-electron chi connectivity index (χ3n) is 4.38. The van der Waals surface area contributed by atoms with Gasteiger partial charge in [0.25, 0.3) is 5.91 Å². The summed E-state index contributed by atoms with van der Waals surface area (Å²) in [5.74, 6) is -0.524. The first-order chi connectivity index (χ1) is 10.5. The number of carbonyl (C=O) groups excluding carboxylic acids is 1. The molecule has 0 aromatic heterocycles. The number of carbonyl (C=O) groups is 2. The summed E-state index contributed by atoms with van der Waals surface area (Å²) in [5.41, 5.74) is 2.16. The molecule has 0 bridgehead atoms. The summed E-state index contributed by atoms with van der Waals surface area (Å²) in [5, 5.41) is 9.08. The van der Waals surface area contributed by atoms with Crippen molar-refractivity contribution < 1.29 is 24.2 Å². The molecule has 1 fully saturated rings. The third kappa shape index (κ3) is 2.54. The van der Waals surface area contributed by atoms with E-state index in [9.17, 15) is 9.59 Å². The van der Waals surface area contributed by atoms with Crippen molar-refractivity contribution in [3.8, 4) is 5.75 Å². The molecule has 1 saturated heterocycles. The lowest BCUT2D eigenvalue weighted by Crippen LogP contribution is -2.36. The molecule has 0 aliphatic carbocycles. The van der Waals surface area contributed by atoms with Crippen LogP contribution in [0.25, 0.3) is 0 Å². The Balaban J connectivity index is 1.69. The molecule has 1 amide bonds. The zero-order valence-corrected chi connectivity index (χ0v) is 12.6. The van der Waals surface area contributed by atoms with Crippen LogP contribution in [0.4, 0.5) is 0 Å². The molecule has 1 aromatic carbocycles. The van der Waals surface area contributed by atoms with Crippen molar-refractivity contribution >= 4 is 11.9 Å². The van der Waals surface area contributed by atoms with Crippen molar-refractivity contribution in [2.75, 3.05) is 7.11 Å². The topological polar surface area (TPSA) is 76.1 Å². The number of carboxylic acid groups (broad SMARTS) is 1. The van der Waals surface area contributed by atoms with Crippen molar-refractivity contribution in [3.63, 3.8) is 0 Å². The number of amides is 1. The number of ether oxygens (including phenoxy) is 2. The summed E-state index contributed by atoms with van der Waals surface area (Å²) in [4.78, 5) is 25.4. The number of benzene rings is 1. The summed E-state index contributed by atoms with van der Waals surface area (Å²) < 4.78 is 10.6. The summed E-state index contributed by atoms with van der Waals surface area (Å²) in [6.45, 7) is 2.84. The van der Waals surface area contributed by atoms with Gasteiger partial charge in [0.15, 0.2) is 6.10 Å². The molecule has 22 heavy (non-hydrogen) atoms. The van der Waals surface area contributed by atoms with E-state index < -0.39 is 18.2 Å². The molecule has 3 rings (SSSR count). The van der Waals surface area contributed by atoms with Gasteiger partial charge >= 0.3 is 5.97 Å². The molecule has 2 aliphatic heterocycles. The maximum atomic E-state index is 12.6. The summed E-state index contributed by atoms with van der Waals surface area (Å²) in [6.07, 6.45) is -1.10. The molecular weight excluding hydrogens is 286 g/mol. The average Bonchev–Trinajstić information content (AvgIpc) is 3.08. The van der Waals surface area contributed by atoms with Gasteiger partial charge in [-0.05, 0) is 35.6 Å². The fourth-order valence-electron chi connectivity index (χ4n) is 3.15. The number of methoxy groups -OCH3 is 1. The van der Waals surface area contributed by atoms with E-state index >= 15 is 0 Å². The second kappa shape index (κ2) is 5.61. The molecule has 0 radical (unpaired) electrons. The highest BCUT2D eigenvalue weighted by Gasteiger charge is 2.42. The van der Waals surface area contributed by atoms with E-state index in [4.69, 9.17) is 14.6 Å². The van der Waals surface area contributed by atoms with Gasteiger partial charge in [0.05, 0.1) is 7.11 Å². The second-order valence-electron chi connectivity index (χ2n) is 5.93. The fourth-order valence-corrected chi connectivity index (χ4v) is 3.15. The van der Waals surface area contributed by atoms with Crippen molar-refractivity contribution in [2.45, 2.75) is 38.6 Å². The van der Waals surface area contributed by atoms with E-state index in [-0.39, 0.29) is 11.8 Å². The maximum absolute atomic E-state index is 12.6. The normalized spacial score (nSPS) is 26.8. The Morgan fingerprint density at radius 3 is 2.68 bits per heavy atom. The molecular formula is C16H19NO5. The molecule has 2 aliphatic rings. The molecule has 1 aromatic rings. The van der Waals surface area contributed by atoms with Gasteiger partial charge < -0.3 is 19.5 Å². The Hall–Kier alpha value is -2.08. The summed E-state index contributed by atoms with van der Waals surface area (Å²) in [6, 6.07) is 5.77. The van der Waals surface area contributed by atoms with Crippen LogP contribution in [0.3, 0.4) is 0 Å². The minimum absolute atomic E-state index is 0.134. The number of fused-ring (bicyclic) bond motifs is 1. The highest BCUT2D eigenvalue weighted by molar-refractivity contribution is 5.83. The van der Waals surface area contributed by atoms with Gasteiger partial charge in [-0.2, -0.15) is 0 Å². The molecule has 1 N–H and O–H groups in total. The van der Waals surface area contributed by atoms with Crippen LogP contribution in [-0.2, 0) is 27.4 Å². The third-order valence-corrected chi connectivity index (χ3v) is 4.38. The minimum Gasteiger partial charge on any atom is -0.497 e. The largest absolute Gasteiger partial charge is 0.497 e. The Morgan fingerprint density at radius 2 is 2.05 bits per heavy atom. The quantitative estimate of drug-likeness (QED) is 0.914. The van der Waals surface area contributed by atoms with Crippen LogP contribution in [0.15, 0.2) is 18.2 Å². The number of rotatable bonds is 3. The molecule has 0 saturated carbocycles. The first-order valence-electron chi connectivity index (χ1n) is 7.32. The average molecular weight is 305 g/mol. The van der Waals surface area contributed by atoms with E-state index in [1.54, 1.807) is 18.9 Å². The van der Waals surface area contributed by atoms with Crippen molar-refractivity contribution in [1.29, 1.82) is 0 Å². The van der Waals surface area contributed by atoms with E-state index in [2.05, 4.69) is 0 Å². The van der Waals surface area contributed by atoms with Gasteiger partial charge in [0.1, 0.15) is 11.9 Å². The van der Waals surface area contributed by atoms with E-state index in [1.807, 2.05) is 18.2 Å². The molecule has 6 nitrogen and oxygen atoms in total. The van der Waals surface area contributed by atoms with E-state index in [0.29, 0.717) is 19.5 Å². The van der Waals surface area contributed by atoms with Gasteiger partial charge in [0.2, 0.25) is 0 Å². The zero-order chi connectivity index (χ0) is 15.9. The molecule has 0 spiro atoms. The Bertz CT molecular complexity index is 615. The van der Waals surface area contributed by atoms with Gasteiger partial charge in [-0.15, -0.1) is 0 Å². The van der Waals surface area contributed by atoms with Gasteiger partial charge in [-0.25, -0.2) is 4.79 Å². The predicted octanol–water partition coefficient (Wildman–Crippen LogP) is 1.42. The van der Waals surface area contributed by atoms with Crippen molar-refractivity contribution in [1.82, 2.24) is 4.90 Å². The van der Waals surface area contributed by atoms with Crippen LogP contribution in [-0.4, -0.2) is 41.2 Å². The monoisotopic (exact) mass is 305 g/mol. The molecule has 3 atom stereocenters. The highest BCUT2D eigenvalue weighted by atomic mass is 16.5. The highest BCUT2D eigenvalue weighted by Crippen LogP contribution is 2.31. The molecule has 118 valence electrons. The summed E-state index contributed by atoms with van der Waals surface area (Å²) >= 11 is 0. The van der Waals surface area contributed by atoms with E-state index in [0.717, 1.165) is 16.9 Å². The lowest BCUT2D eigenvalue weighted by molar-refractivity contribution is -0.156. The number of hydrogen-bond donors (Lipinski definition) is 1. The Kier molecular flexibility index (Phi) is 3.78. The van der Waals surface area contributed by atoms with Crippen molar-refractivity contribution in [2.24, 2.45) is 5.92 Å². The van der Waals surface area contributed by atoms with Gasteiger partial charge in [0, 0.05) is 13.1 Å². The van der Waals surface area contributed by atoms with Gasteiger partial charge in [-0.3, -0.25) is 4.79 Å². The SMILES string of the molecule is COc1ccc2c(c1)CN(C(=O)[C@@H]1C[C@H](C)[C@@H](C(=O)O)O1)C2.